The molecule has 0 bridgehead atoms. The Morgan fingerprint density at radius 3 is 3.00 bits per heavy atom. The van der Waals surface area contributed by atoms with E-state index >= 15 is 0 Å². The van der Waals surface area contributed by atoms with E-state index in [-0.39, 0.29) is 24.5 Å². The zero-order chi connectivity index (χ0) is 13.7. The summed E-state index contributed by atoms with van der Waals surface area (Å²) in [7, 11) is 0. The van der Waals surface area contributed by atoms with Crippen LogP contribution in [0.25, 0.3) is 0 Å². The molecular formula is C13H15N3O3. The first-order valence-electron chi connectivity index (χ1n) is 6.11. The van der Waals surface area contributed by atoms with Gasteiger partial charge in [0.2, 0.25) is 5.91 Å². The molecule has 0 radical (unpaired) electrons. The van der Waals surface area contributed by atoms with Gasteiger partial charge in [-0.2, -0.15) is 5.11 Å². The predicted octanol–water partition coefficient (Wildman–Crippen LogP) is 1.49. The maximum absolute atomic E-state index is 11.5. The molecule has 19 heavy (non-hydrogen) atoms. The predicted molar refractivity (Wildman–Crippen MR) is 67.9 cm³/mol. The summed E-state index contributed by atoms with van der Waals surface area (Å²) in [5.41, 5.74) is 1.33. The Balaban J connectivity index is 2.00. The van der Waals surface area contributed by atoms with E-state index < -0.39 is 0 Å². The highest BCUT2D eigenvalue weighted by molar-refractivity contribution is 5.97. The first-order chi connectivity index (χ1) is 9.22. The second-order valence-electron chi connectivity index (χ2n) is 4.06. The van der Waals surface area contributed by atoms with Crippen molar-refractivity contribution in [3.8, 4) is 0 Å². The number of carbonyl (C=O) groups excluding carboxylic acids is 2. The van der Waals surface area contributed by atoms with E-state index in [2.05, 4.69) is 15.5 Å². The second kappa shape index (κ2) is 6.19. The number of rotatable bonds is 5. The van der Waals surface area contributed by atoms with Crippen LogP contribution >= 0.6 is 0 Å². The maximum Gasteiger partial charge on any atom is 0.295 e. The highest BCUT2D eigenvalue weighted by Crippen LogP contribution is 2.26. The van der Waals surface area contributed by atoms with E-state index in [1.54, 1.807) is 12.1 Å². The van der Waals surface area contributed by atoms with Gasteiger partial charge in [0.25, 0.3) is 5.91 Å². The number of azo groups is 1. The highest BCUT2D eigenvalue weighted by Gasteiger charge is 2.23. The highest BCUT2D eigenvalue weighted by atomic mass is 16.5. The summed E-state index contributed by atoms with van der Waals surface area (Å²) in [5.74, 6) is -0.543. The van der Waals surface area contributed by atoms with Crippen LogP contribution in [0.15, 0.2) is 34.5 Å². The lowest BCUT2D eigenvalue weighted by molar-refractivity contribution is -0.125. The summed E-state index contributed by atoms with van der Waals surface area (Å²) < 4.78 is 5.00. The van der Waals surface area contributed by atoms with Gasteiger partial charge in [-0.3, -0.25) is 9.59 Å². The minimum Gasteiger partial charge on any atom is -0.372 e. The van der Waals surface area contributed by atoms with Gasteiger partial charge in [-0.25, -0.2) is 0 Å². The quantitative estimate of drug-likeness (QED) is 0.871. The van der Waals surface area contributed by atoms with Crippen LogP contribution in [0, 0.1) is 0 Å². The molecule has 1 heterocycles. The topological polar surface area (TPSA) is 80.1 Å². The summed E-state index contributed by atoms with van der Waals surface area (Å²) in [6, 6.07) is 6.83. The first-order valence-corrected chi connectivity index (χ1v) is 6.11. The fourth-order valence-electron chi connectivity index (χ4n) is 1.83. The van der Waals surface area contributed by atoms with E-state index in [9.17, 15) is 9.59 Å². The Bertz CT molecular complexity index is 514. The normalized spacial score (nSPS) is 17.1. The van der Waals surface area contributed by atoms with E-state index in [1.165, 1.54) is 0 Å². The average Bonchev–Trinajstić information content (AvgIpc) is 2.45. The number of nitrogens with zero attached hydrogens (tertiary/aromatic N) is 2. The number of amides is 2. The van der Waals surface area contributed by atoms with Crippen molar-refractivity contribution in [2.24, 2.45) is 10.2 Å². The van der Waals surface area contributed by atoms with Crippen LogP contribution in [0.3, 0.4) is 0 Å². The minimum absolute atomic E-state index is 0.0287. The van der Waals surface area contributed by atoms with Crippen molar-refractivity contribution < 1.29 is 14.3 Å². The number of hydrogen-bond acceptors (Lipinski definition) is 4. The van der Waals surface area contributed by atoms with Crippen LogP contribution < -0.4 is 5.32 Å². The SMILES string of the molecule is CCOCC(=O)NCC1N=NC(=O)c2ccccc21. The molecular weight excluding hydrogens is 246 g/mol. The molecule has 1 aliphatic heterocycles. The molecule has 2 rings (SSSR count). The number of carbonyl (C=O) groups is 2. The molecule has 1 aliphatic rings. The van der Waals surface area contributed by atoms with E-state index in [4.69, 9.17) is 4.74 Å². The van der Waals surface area contributed by atoms with Crippen LogP contribution in [-0.4, -0.2) is 31.6 Å². The van der Waals surface area contributed by atoms with Crippen molar-refractivity contribution in [3.05, 3.63) is 35.4 Å². The van der Waals surface area contributed by atoms with Gasteiger partial charge in [-0.05, 0) is 18.6 Å². The molecule has 1 N–H and O–H groups in total. The summed E-state index contributed by atoms with van der Waals surface area (Å²) in [6.07, 6.45) is 0. The monoisotopic (exact) mass is 261 g/mol. The van der Waals surface area contributed by atoms with Gasteiger partial charge in [0, 0.05) is 18.7 Å². The van der Waals surface area contributed by atoms with Crippen LogP contribution in [0.1, 0.15) is 28.9 Å². The summed E-state index contributed by atoms with van der Waals surface area (Å²) in [6.45, 7) is 2.65. The lowest BCUT2D eigenvalue weighted by Crippen LogP contribution is -2.32. The fraction of sp³-hybridized carbons (Fsp3) is 0.385. The van der Waals surface area contributed by atoms with Crippen LogP contribution in [0.5, 0.6) is 0 Å². The van der Waals surface area contributed by atoms with E-state index in [0.717, 1.165) is 5.56 Å². The third kappa shape index (κ3) is 3.23. The number of hydrogen-bond donors (Lipinski definition) is 1. The van der Waals surface area contributed by atoms with Crippen LogP contribution in [0.2, 0.25) is 0 Å². The molecule has 0 saturated heterocycles. The Morgan fingerprint density at radius 1 is 1.42 bits per heavy atom. The van der Waals surface area contributed by atoms with Crippen molar-refractivity contribution in [2.45, 2.75) is 13.0 Å². The molecule has 2 amide bonds. The van der Waals surface area contributed by atoms with Crippen molar-refractivity contribution in [1.29, 1.82) is 0 Å². The molecule has 6 heteroatoms. The van der Waals surface area contributed by atoms with Crippen molar-refractivity contribution >= 4 is 11.8 Å². The van der Waals surface area contributed by atoms with Gasteiger partial charge in [0.05, 0.1) is 0 Å². The van der Waals surface area contributed by atoms with Gasteiger partial charge in [0.1, 0.15) is 12.6 Å². The lowest BCUT2D eigenvalue weighted by Gasteiger charge is -2.18. The smallest absolute Gasteiger partial charge is 0.295 e. The Labute approximate surface area is 110 Å². The molecule has 1 aromatic rings. The molecule has 1 atom stereocenters. The summed E-state index contributed by atoms with van der Waals surface area (Å²) in [5, 5.41) is 10.2. The average molecular weight is 261 g/mol. The summed E-state index contributed by atoms with van der Waals surface area (Å²) in [4.78, 5) is 23.0. The van der Waals surface area contributed by atoms with E-state index in [1.807, 2.05) is 19.1 Å². The Hall–Kier alpha value is -2.08. The Kier molecular flexibility index (Phi) is 4.35. The number of benzene rings is 1. The molecule has 0 saturated carbocycles. The molecule has 6 nitrogen and oxygen atoms in total. The maximum atomic E-state index is 11.5. The molecule has 1 unspecified atom stereocenters. The van der Waals surface area contributed by atoms with Crippen molar-refractivity contribution in [3.63, 3.8) is 0 Å². The number of fused-ring (bicyclic) bond motifs is 1. The molecule has 1 aromatic carbocycles. The second-order valence-corrected chi connectivity index (χ2v) is 4.06. The first kappa shape index (κ1) is 13.4. The lowest BCUT2D eigenvalue weighted by atomic mass is 9.99. The third-order valence-corrected chi connectivity index (χ3v) is 2.77. The number of nitrogens with one attached hydrogen (secondary N) is 1. The standard InChI is InChI=1S/C13H15N3O3/c1-2-19-8-12(17)14-7-11-9-5-3-4-6-10(9)13(18)16-15-11/h3-6,11H,2,7-8H2,1H3,(H,14,17). The van der Waals surface area contributed by atoms with Gasteiger partial charge >= 0.3 is 0 Å². The minimum atomic E-state index is -0.340. The number of ether oxygens (including phenoxy) is 1. The van der Waals surface area contributed by atoms with E-state index in [0.29, 0.717) is 18.7 Å². The van der Waals surface area contributed by atoms with Gasteiger partial charge in [0.15, 0.2) is 0 Å². The van der Waals surface area contributed by atoms with Crippen molar-refractivity contribution in [1.82, 2.24) is 5.32 Å². The third-order valence-electron chi connectivity index (χ3n) is 2.77. The molecule has 100 valence electrons. The van der Waals surface area contributed by atoms with Gasteiger partial charge in [-0.15, -0.1) is 5.11 Å². The summed E-state index contributed by atoms with van der Waals surface area (Å²) >= 11 is 0. The largest absolute Gasteiger partial charge is 0.372 e. The van der Waals surface area contributed by atoms with Crippen LogP contribution in [-0.2, 0) is 9.53 Å². The molecule has 0 aromatic heterocycles. The zero-order valence-corrected chi connectivity index (χ0v) is 10.6. The molecule has 0 aliphatic carbocycles. The molecule has 0 spiro atoms. The zero-order valence-electron chi connectivity index (χ0n) is 10.6. The Morgan fingerprint density at radius 2 is 2.21 bits per heavy atom. The molecule has 0 fully saturated rings. The van der Waals surface area contributed by atoms with Gasteiger partial charge in [-0.1, -0.05) is 18.2 Å². The van der Waals surface area contributed by atoms with Gasteiger partial charge < -0.3 is 10.1 Å². The fourth-order valence-corrected chi connectivity index (χ4v) is 1.83. The van der Waals surface area contributed by atoms with Crippen molar-refractivity contribution in [2.75, 3.05) is 19.8 Å². The van der Waals surface area contributed by atoms with Crippen LogP contribution in [0.4, 0.5) is 0 Å².